The maximum atomic E-state index is 12.9. The Hall–Kier alpha value is -4.97. The van der Waals surface area contributed by atoms with Crippen molar-refractivity contribution in [3.05, 3.63) is 158 Å². The van der Waals surface area contributed by atoms with Crippen molar-refractivity contribution in [2.45, 2.75) is 271 Å². The number of carbonyl (C=O) groups is 3. The molecule has 0 bridgehead atoms. The van der Waals surface area contributed by atoms with Crippen molar-refractivity contribution in [2.24, 2.45) is 0 Å². The van der Waals surface area contributed by atoms with Crippen LogP contribution in [0.25, 0.3) is 0 Å². The van der Waals surface area contributed by atoms with Crippen LogP contribution in [0.5, 0.6) is 0 Å². The molecule has 0 amide bonds. The average molecular weight is 1090 g/mol. The van der Waals surface area contributed by atoms with Crippen molar-refractivity contribution in [3.8, 4) is 0 Å². The lowest BCUT2D eigenvalue weighted by Crippen LogP contribution is -2.30. The maximum Gasteiger partial charge on any atom is 0.306 e. The zero-order chi connectivity index (χ0) is 57.1. The average Bonchev–Trinajstić information content (AvgIpc) is 3.45. The van der Waals surface area contributed by atoms with Crippen LogP contribution in [-0.2, 0) is 28.6 Å². The van der Waals surface area contributed by atoms with E-state index in [4.69, 9.17) is 14.2 Å². The third kappa shape index (κ3) is 63.7. The number of rotatable bonds is 56. The fourth-order valence-corrected chi connectivity index (χ4v) is 8.27. The molecule has 0 N–H and O–H groups in total. The van der Waals surface area contributed by atoms with Gasteiger partial charge in [0.25, 0.3) is 0 Å². The molecule has 0 fully saturated rings. The Morgan fingerprint density at radius 3 is 0.785 bits per heavy atom. The third-order valence-corrected chi connectivity index (χ3v) is 13.0. The highest BCUT2D eigenvalue weighted by Gasteiger charge is 2.19. The van der Waals surface area contributed by atoms with Gasteiger partial charge in [-0.15, -0.1) is 0 Å². The van der Waals surface area contributed by atoms with E-state index in [-0.39, 0.29) is 31.1 Å². The Kier molecular flexibility index (Phi) is 61.4. The summed E-state index contributed by atoms with van der Waals surface area (Å²) in [6.07, 6.45) is 95.3. The molecular weight excluding hydrogens is 973 g/mol. The summed E-state index contributed by atoms with van der Waals surface area (Å²) in [5.74, 6) is -0.950. The van der Waals surface area contributed by atoms with Crippen LogP contribution < -0.4 is 0 Å². The minimum absolute atomic E-state index is 0.101. The highest BCUT2D eigenvalue weighted by molar-refractivity contribution is 5.71. The van der Waals surface area contributed by atoms with E-state index in [1.165, 1.54) is 38.5 Å². The van der Waals surface area contributed by atoms with E-state index in [1.807, 2.05) is 0 Å². The summed E-state index contributed by atoms with van der Waals surface area (Å²) in [6.45, 7) is 6.35. The van der Waals surface area contributed by atoms with Crippen LogP contribution >= 0.6 is 0 Å². The van der Waals surface area contributed by atoms with Crippen molar-refractivity contribution in [1.29, 1.82) is 0 Å². The molecule has 0 heterocycles. The molecule has 1 atom stereocenters. The molecule has 0 spiro atoms. The van der Waals surface area contributed by atoms with E-state index in [0.29, 0.717) is 19.3 Å². The standard InChI is InChI=1S/C73H116O6/c1-4-7-10-13-16-19-22-25-27-28-29-30-31-32-33-34-35-36-37-38-39-40-41-42-43-44-46-48-51-54-57-60-63-66-72(75)78-69-70(68-77-71(74)65-62-59-56-53-50-47-24-21-18-15-12-9-6-3)79-73(76)67-64-61-58-55-52-49-45-26-23-20-17-14-11-8-5-2/h7-8,10-11,16-17,19-21,24-27,29-30,32-33,35-36,38-39,41-42,44-46,70H,4-6,9,12-15,18,22-23,28,31,34,37,40,43,47-69H2,1-3H3/b10-7-,11-8-,19-16-,20-17-,24-21-,27-25-,30-29-,33-32-,36-35-,39-38-,42-41-,45-26-,46-44-. The molecule has 6 nitrogen and oxygen atoms in total. The van der Waals surface area contributed by atoms with Gasteiger partial charge in [0.05, 0.1) is 0 Å². The SMILES string of the molecule is CC/C=C\C/C=C\C/C=C\C/C=C\C/C=C\C/C=C\C/C=C\C/C=C\C/C=C\CCCCCCCC(=O)OCC(COC(=O)CCCCCCC/C=C\CCCCCC)OC(=O)CCCCCCC/C=C\C/C=C\C/C=C\CC. The first kappa shape index (κ1) is 74.0. The zero-order valence-electron chi connectivity index (χ0n) is 50.8. The van der Waals surface area contributed by atoms with Gasteiger partial charge in [-0.1, -0.05) is 256 Å². The maximum absolute atomic E-state index is 12.9. The molecule has 79 heavy (non-hydrogen) atoms. The summed E-state index contributed by atoms with van der Waals surface area (Å²) in [6, 6.07) is 0. The van der Waals surface area contributed by atoms with Crippen molar-refractivity contribution in [3.63, 3.8) is 0 Å². The fraction of sp³-hybridized carbons (Fsp3) is 0.603. The topological polar surface area (TPSA) is 78.9 Å². The number of carbonyl (C=O) groups excluding carboxylic acids is 3. The summed E-state index contributed by atoms with van der Waals surface area (Å²) in [5, 5.41) is 0. The van der Waals surface area contributed by atoms with Gasteiger partial charge in [0, 0.05) is 19.3 Å². The van der Waals surface area contributed by atoms with Gasteiger partial charge in [-0.25, -0.2) is 0 Å². The molecule has 0 radical (unpaired) electrons. The number of hydrogen-bond acceptors (Lipinski definition) is 6. The molecule has 0 aliphatic rings. The van der Waals surface area contributed by atoms with Gasteiger partial charge in [0.2, 0.25) is 0 Å². The van der Waals surface area contributed by atoms with Gasteiger partial charge in [-0.05, 0) is 148 Å². The summed E-state index contributed by atoms with van der Waals surface area (Å²) in [5.41, 5.74) is 0. The number of allylic oxidation sites excluding steroid dienone is 26. The molecule has 444 valence electrons. The lowest BCUT2D eigenvalue weighted by Gasteiger charge is -2.18. The monoisotopic (exact) mass is 1090 g/mol. The van der Waals surface area contributed by atoms with E-state index >= 15 is 0 Å². The van der Waals surface area contributed by atoms with Crippen LogP contribution in [-0.4, -0.2) is 37.2 Å². The third-order valence-electron chi connectivity index (χ3n) is 13.0. The molecule has 0 saturated heterocycles. The summed E-state index contributed by atoms with van der Waals surface area (Å²) in [4.78, 5) is 38.2. The lowest BCUT2D eigenvalue weighted by atomic mass is 10.1. The number of ether oxygens (including phenoxy) is 3. The number of esters is 3. The first-order valence-corrected chi connectivity index (χ1v) is 32.0. The van der Waals surface area contributed by atoms with Gasteiger partial charge in [0.1, 0.15) is 13.2 Å². The second-order valence-electron chi connectivity index (χ2n) is 20.5. The van der Waals surface area contributed by atoms with Crippen LogP contribution in [0.3, 0.4) is 0 Å². The summed E-state index contributed by atoms with van der Waals surface area (Å²) in [7, 11) is 0. The van der Waals surface area contributed by atoms with Crippen molar-refractivity contribution in [1.82, 2.24) is 0 Å². The molecule has 0 saturated carbocycles. The molecule has 0 aromatic carbocycles. The van der Waals surface area contributed by atoms with Gasteiger partial charge < -0.3 is 14.2 Å². The van der Waals surface area contributed by atoms with E-state index < -0.39 is 6.10 Å². The minimum atomic E-state index is -0.806. The summed E-state index contributed by atoms with van der Waals surface area (Å²) >= 11 is 0. The zero-order valence-corrected chi connectivity index (χ0v) is 50.8. The predicted molar refractivity (Wildman–Crippen MR) is 343 cm³/mol. The Morgan fingerprint density at radius 1 is 0.266 bits per heavy atom. The van der Waals surface area contributed by atoms with Gasteiger partial charge in [0.15, 0.2) is 6.10 Å². The second-order valence-corrected chi connectivity index (χ2v) is 20.5. The largest absolute Gasteiger partial charge is 0.462 e. The van der Waals surface area contributed by atoms with Gasteiger partial charge in [-0.2, -0.15) is 0 Å². The van der Waals surface area contributed by atoms with E-state index in [2.05, 4.69) is 179 Å². The van der Waals surface area contributed by atoms with E-state index in [9.17, 15) is 14.4 Å². The Bertz CT molecular complexity index is 1780. The van der Waals surface area contributed by atoms with Crippen LogP contribution in [0, 0.1) is 0 Å². The lowest BCUT2D eigenvalue weighted by molar-refractivity contribution is -0.167. The van der Waals surface area contributed by atoms with E-state index in [0.717, 1.165) is 186 Å². The second kappa shape index (κ2) is 65.5. The smallest absolute Gasteiger partial charge is 0.306 e. The van der Waals surface area contributed by atoms with Crippen molar-refractivity contribution in [2.75, 3.05) is 13.2 Å². The highest BCUT2D eigenvalue weighted by atomic mass is 16.6. The number of unbranched alkanes of at least 4 members (excludes halogenated alkanes) is 19. The van der Waals surface area contributed by atoms with Gasteiger partial charge in [-0.3, -0.25) is 14.4 Å². The first-order chi connectivity index (χ1) is 39.0. The number of hydrogen-bond donors (Lipinski definition) is 0. The molecule has 0 aromatic heterocycles. The fourth-order valence-electron chi connectivity index (χ4n) is 8.27. The van der Waals surface area contributed by atoms with Crippen molar-refractivity contribution < 1.29 is 28.6 Å². The normalized spacial score (nSPS) is 13.2. The Balaban J connectivity index is 4.35. The Labute approximate surface area is 486 Å². The molecular formula is C73H116O6. The van der Waals surface area contributed by atoms with E-state index in [1.54, 1.807) is 0 Å². The molecule has 6 heteroatoms. The Morgan fingerprint density at radius 2 is 0.494 bits per heavy atom. The summed E-state index contributed by atoms with van der Waals surface area (Å²) < 4.78 is 16.9. The van der Waals surface area contributed by atoms with Crippen LogP contribution in [0.1, 0.15) is 265 Å². The molecule has 0 aliphatic carbocycles. The van der Waals surface area contributed by atoms with Crippen LogP contribution in [0.2, 0.25) is 0 Å². The molecule has 1 unspecified atom stereocenters. The molecule has 0 aromatic rings. The van der Waals surface area contributed by atoms with Crippen LogP contribution in [0.15, 0.2) is 158 Å². The first-order valence-electron chi connectivity index (χ1n) is 32.0. The quantitative estimate of drug-likeness (QED) is 0.0261. The van der Waals surface area contributed by atoms with Gasteiger partial charge >= 0.3 is 17.9 Å². The predicted octanol–water partition coefficient (Wildman–Crippen LogP) is 22.1. The van der Waals surface area contributed by atoms with Crippen molar-refractivity contribution >= 4 is 17.9 Å². The molecule has 0 rings (SSSR count). The molecule has 0 aliphatic heterocycles. The minimum Gasteiger partial charge on any atom is -0.462 e. The van der Waals surface area contributed by atoms with Crippen LogP contribution in [0.4, 0.5) is 0 Å². The highest BCUT2D eigenvalue weighted by Crippen LogP contribution is 2.14.